The molecule has 0 unspecified atom stereocenters. The maximum atomic E-state index is 2.46. The SMILES string of the molecule is CC1(C)c2ccccc2-c2ccc(-c3ccc4c(c3)C(C)(C)c3cc(-c5cccc(-c6cccc(-c7ccc8ccc9cccc%10ccc7c8c9%10)c6)c5)ccc3-4)cc21. The molecule has 2 aliphatic carbocycles. The van der Waals surface area contributed by atoms with E-state index in [1.54, 1.807) is 0 Å². The largest absolute Gasteiger partial charge is 0.0619 e. The molecular formula is C58H42. The Morgan fingerprint density at radius 3 is 1.24 bits per heavy atom. The number of hydrogen-bond acceptors (Lipinski definition) is 0. The van der Waals surface area contributed by atoms with Crippen LogP contribution in [0.5, 0.6) is 0 Å². The second kappa shape index (κ2) is 11.9. The Balaban J connectivity index is 0.881. The Kier molecular flexibility index (Phi) is 6.84. The molecule has 0 N–H and O–H groups in total. The Bertz CT molecular complexity index is 3320. The molecule has 10 aromatic carbocycles. The molecule has 0 nitrogen and oxygen atoms in total. The van der Waals surface area contributed by atoms with Crippen LogP contribution in [0.3, 0.4) is 0 Å². The van der Waals surface area contributed by atoms with Crippen LogP contribution in [0.4, 0.5) is 0 Å². The minimum atomic E-state index is -0.129. The van der Waals surface area contributed by atoms with Crippen molar-refractivity contribution in [3.63, 3.8) is 0 Å². The fraction of sp³-hybridized carbons (Fsp3) is 0.103. The highest BCUT2D eigenvalue weighted by Gasteiger charge is 2.37. The van der Waals surface area contributed by atoms with Crippen molar-refractivity contribution in [2.75, 3.05) is 0 Å². The van der Waals surface area contributed by atoms with Gasteiger partial charge >= 0.3 is 0 Å². The molecule has 0 amide bonds. The molecule has 0 atom stereocenters. The summed E-state index contributed by atoms with van der Waals surface area (Å²) in [6.45, 7) is 9.52. The molecule has 0 aromatic heterocycles. The molecule has 274 valence electrons. The summed E-state index contributed by atoms with van der Waals surface area (Å²) in [6, 6.07) is 68.8. The van der Waals surface area contributed by atoms with Crippen molar-refractivity contribution in [3.05, 3.63) is 204 Å². The van der Waals surface area contributed by atoms with Crippen LogP contribution in [0, 0.1) is 0 Å². The van der Waals surface area contributed by atoms with Crippen molar-refractivity contribution >= 4 is 32.3 Å². The lowest BCUT2D eigenvalue weighted by molar-refractivity contribution is 0.659. The van der Waals surface area contributed by atoms with Crippen LogP contribution in [0.25, 0.3) is 99.1 Å². The minimum absolute atomic E-state index is 0.0182. The minimum Gasteiger partial charge on any atom is -0.0619 e. The van der Waals surface area contributed by atoms with Crippen LogP contribution in [0.2, 0.25) is 0 Å². The highest BCUT2D eigenvalue weighted by molar-refractivity contribution is 6.25. The monoisotopic (exact) mass is 738 g/mol. The van der Waals surface area contributed by atoms with Gasteiger partial charge in [0.2, 0.25) is 0 Å². The number of hydrogen-bond donors (Lipinski definition) is 0. The van der Waals surface area contributed by atoms with E-state index in [1.807, 2.05) is 0 Å². The van der Waals surface area contributed by atoms with Crippen LogP contribution in [-0.2, 0) is 10.8 Å². The molecule has 12 rings (SSSR count). The second-order valence-corrected chi connectivity index (χ2v) is 17.7. The molecular weight excluding hydrogens is 697 g/mol. The van der Waals surface area contributed by atoms with Gasteiger partial charge in [-0.05, 0) is 152 Å². The average molecular weight is 739 g/mol. The summed E-state index contributed by atoms with van der Waals surface area (Å²) in [5.41, 5.74) is 20.9. The summed E-state index contributed by atoms with van der Waals surface area (Å²) in [5, 5.41) is 7.92. The summed E-state index contributed by atoms with van der Waals surface area (Å²) in [7, 11) is 0. The zero-order valence-electron chi connectivity index (χ0n) is 33.3. The van der Waals surface area contributed by atoms with Gasteiger partial charge in [-0.15, -0.1) is 0 Å². The van der Waals surface area contributed by atoms with E-state index in [2.05, 4.69) is 210 Å². The lowest BCUT2D eigenvalue weighted by atomic mass is 9.80. The first kappa shape index (κ1) is 33.4. The predicted molar refractivity (Wildman–Crippen MR) is 247 cm³/mol. The molecule has 0 fully saturated rings. The lowest BCUT2D eigenvalue weighted by Crippen LogP contribution is -2.15. The molecule has 0 saturated heterocycles. The Labute approximate surface area is 340 Å². The van der Waals surface area contributed by atoms with Gasteiger partial charge in [0.1, 0.15) is 0 Å². The van der Waals surface area contributed by atoms with Crippen LogP contribution in [0.1, 0.15) is 49.9 Å². The van der Waals surface area contributed by atoms with Gasteiger partial charge in [-0.3, -0.25) is 0 Å². The first-order chi connectivity index (χ1) is 28.2. The standard InChI is InChI=1S/C58H42/c1-57(2)51-17-6-5-16-46(51)47-26-23-42(33-52(47)57)43-24-28-49-48-27-22-41(32-53(48)58(3,4)54(49)34-43)39-13-8-12-38(30-39)40-14-9-15-44(31-40)45-25-20-37-19-18-35-10-7-11-36-21-29-50(45)56(37)55(35)36/h5-34H,1-4H3. The quantitative estimate of drug-likeness (QED) is 0.158. The summed E-state index contributed by atoms with van der Waals surface area (Å²) >= 11 is 0. The van der Waals surface area contributed by atoms with E-state index in [4.69, 9.17) is 0 Å². The maximum Gasteiger partial charge on any atom is 0.0159 e. The Morgan fingerprint density at radius 1 is 0.259 bits per heavy atom. The van der Waals surface area contributed by atoms with Crippen molar-refractivity contribution in [1.82, 2.24) is 0 Å². The van der Waals surface area contributed by atoms with Crippen LogP contribution < -0.4 is 0 Å². The van der Waals surface area contributed by atoms with Crippen molar-refractivity contribution in [2.45, 2.75) is 38.5 Å². The molecule has 0 spiro atoms. The first-order valence-electron chi connectivity index (χ1n) is 20.7. The third kappa shape index (κ3) is 4.69. The summed E-state index contributed by atoms with van der Waals surface area (Å²) < 4.78 is 0. The topological polar surface area (TPSA) is 0 Å². The van der Waals surface area contributed by atoms with Crippen LogP contribution in [-0.4, -0.2) is 0 Å². The van der Waals surface area contributed by atoms with Crippen molar-refractivity contribution in [1.29, 1.82) is 0 Å². The number of rotatable bonds is 4. The molecule has 0 bridgehead atoms. The molecule has 0 saturated carbocycles. The van der Waals surface area contributed by atoms with Gasteiger partial charge in [-0.25, -0.2) is 0 Å². The number of benzene rings is 10. The van der Waals surface area contributed by atoms with Gasteiger partial charge in [0.05, 0.1) is 0 Å². The van der Waals surface area contributed by atoms with E-state index >= 15 is 0 Å². The average Bonchev–Trinajstić information content (AvgIpc) is 3.64. The van der Waals surface area contributed by atoms with Crippen LogP contribution >= 0.6 is 0 Å². The van der Waals surface area contributed by atoms with E-state index in [1.165, 1.54) is 121 Å². The highest BCUT2D eigenvalue weighted by atomic mass is 14.4. The predicted octanol–water partition coefficient (Wildman–Crippen LogP) is 15.9. The summed E-state index contributed by atoms with van der Waals surface area (Å²) in [6.07, 6.45) is 0. The van der Waals surface area contributed by atoms with Gasteiger partial charge in [0.15, 0.2) is 0 Å². The van der Waals surface area contributed by atoms with Gasteiger partial charge in [0, 0.05) is 10.8 Å². The normalized spacial score (nSPS) is 14.5. The highest BCUT2D eigenvalue weighted by Crippen LogP contribution is 2.53. The smallest absolute Gasteiger partial charge is 0.0159 e. The lowest BCUT2D eigenvalue weighted by Gasteiger charge is -2.23. The van der Waals surface area contributed by atoms with Crippen LogP contribution in [0.15, 0.2) is 182 Å². The zero-order chi connectivity index (χ0) is 38.9. The molecule has 58 heavy (non-hydrogen) atoms. The molecule has 0 aliphatic heterocycles. The molecule has 0 heteroatoms. The fourth-order valence-electron chi connectivity index (χ4n) is 10.7. The Hall–Kier alpha value is -6.76. The van der Waals surface area contributed by atoms with E-state index in [9.17, 15) is 0 Å². The Morgan fingerprint density at radius 2 is 0.655 bits per heavy atom. The summed E-state index contributed by atoms with van der Waals surface area (Å²) in [4.78, 5) is 0. The zero-order valence-corrected chi connectivity index (χ0v) is 33.3. The number of fused-ring (bicyclic) bond motifs is 6. The van der Waals surface area contributed by atoms with Gasteiger partial charge in [0.25, 0.3) is 0 Å². The second-order valence-electron chi connectivity index (χ2n) is 17.7. The van der Waals surface area contributed by atoms with Gasteiger partial charge < -0.3 is 0 Å². The van der Waals surface area contributed by atoms with Crippen molar-refractivity contribution in [2.24, 2.45) is 0 Å². The third-order valence-corrected chi connectivity index (χ3v) is 13.8. The molecule has 0 heterocycles. The van der Waals surface area contributed by atoms with Gasteiger partial charge in [-0.2, -0.15) is 0 Å². The summed E-state index contributed by atoms with van der Waals surface area (Å²) in [5.74, 6) is 0. The van der Waals surface area contributed by atoms with E-state index in [0.717, 1.165) is 0 Å². The fourth-order valence-corrected chi connectivity index (χ4v) is 10.7. The van der Waals surface area contributed by atoms with E-state index < -0.39 is 0 Å². The van der Waals surface area contributed by atoms with Gasteiger partial charge in [-0.1, -0.05) is 179 Å². The van der Waals surface area contributed by atoms with E-state index in [0.29, 0.717) is 0 Å². The first-order valence-corrected chi connectivity index (χ1v) is 20.7. The van der Waals surface area contributed by atoms with E-state index in [-0.39, 0.29) is 10.8 Å². The maximum absolute atomic E-state index is 2.46. The van der Waals surface area contributed by atoms with Crippen molar-refractivity contribution in [3.8, 4) is 66.8 Å². The third-order valence-electron chi connectivity index (χ3n) is 13.8. The van der Waals surface area contributed by atoms with Crippen molar-refractivity contribution < 1.29 is 0 Å². The molecule has 10 aromatic rings. The molecule has 0 radical (unpaired) electrons. The molecule has 2 aliphatic rings.